The zero-order valence-electron chi connectivity index (χ0n) is 9.85. The second-order valence-electron chi connectivity index (χ2n) is 3.88. The maximum Gasteiger partial charge on any atom is 0.488 e. The first-order valence-electron chi connectivity index (χ1n) is 5.53. The lowest BCUT2D eigenvalue weighted by Crippen LogP contribution is -2.29. The summed E-state index contributed by atoms with van der Waals surface area (Å²) in [4.78, 5) is 10.8. The van der Waals surface area contributed by atoms with Crippen molar-refractivity contribution in [3.05, 3.63) is 54.1 Å². The van der Waals surface area contributed by atoms with Crippen LogP contribution in [-0.2, 0) is 0 Å². The van der Waals surface area contributed by atoms with Crippen molar-refractivity contribution in [3.8, 4) is 11.5 Å². The molecule has 0 radical (unpaired) electrons. The number of ether oxygens (including phenoxy) is 1. The molecule has 0 atom stereocenters. The van der Waals surface area contributed by atoms with Crippen molar-refractivity contribution in [2.24, 2.45) is 0 Å². The monoisotopic (exact) mass is 258 g/mol. The lowest BCUT2D eigenvalue weighted by molar-refractivity contribution is 0.0696. The quantitative estimate of drug-likeness (QED) is 0.708. The zero-order valence-corrected chi connectivity index (χ0v) is 9.85. The third-order valence-electron chi connectivity index (χ3n) is 2.49. The number of hydrogen-bond acceptors (Lipinski definition) is 4. The molecule has 0 heterocycles. The second-order valence-corrected chi connectivity index (χ2v) is 3.88. The topological polar surface area (TPSA) is 87.0 Å². The van der Waals surface area contributed by atoms with E-state index in [9.17, 15) is 4.79 Å². The van der Waals surface area contributed by atoms with Gasteiger partial charge in [0.2, 0.25) is 0 Å². The third kappa shape index (κ3) is 3.34. The smallest absolute Gasteiger partial charge is 0.478 e. The Bertz CT molecular complexity index is 580. The predicted molar refractivity (Wildman–Crippen MR) is 69.7 cm³/mol. The molecule has 2 aromatic carbocycles. The van der Waals surface area contributed by atoms with Crippen LogP contribution in [0.2, 0.25) is 0 Å². The van der Waals surface area contributed by atoms with Crippen molar-refractivity contribution in [2.75, 3.05) is 0 Å². The van der Waals surface area contributed by atoms with Gasteiger partial charge in [0.05, 0.1) is 5.56 Å². The van der Waals surface area contributed by atoms with Crippen LogP contribution in [0.15, 0.2) is 48.5 Å². The molecule has 96 valence electrons. The number of benzene rings is 2. The van der Waals surface area contributed by atoms with Crippen LogP contribution in [0, 0.1) is 0 Å². The summed E-state index contributed by atoms with van der Waals surface area (Å²) in [7, 11) is -1.52. The summed E-state index contributed by atoms with van der Waals surface area (Å²) in [6.07, 6.45) is 0. The van der Waals surface area contributed by atoms with Crippen molar-refractivity contribution in [1.29, 1.82) is 0 Å². The summed E-state index contributed by atoms with van der Waals surface area (Å²) < 4.78 is 5.48. The fourth-order valence-corrected chi connectivity index (χ4v) is 1.54. The molecule has 19 heavy (non-hydrogen) atoms. The molecule has 0 fully saturated rings. The summed E-state index contributed by atoms with van der Waals surface area (Å²) in [5.74, 6) is -0.145. The van der Waals surface area contributed by atoms with E-state index in [0.717, 1.165) is 0 Å². The molecule has 2 aromatic rings. The first kappa shape index (κ1) is 13.1. The Morgan fingerprint density at radius 1 is 1.00 bits per heavy atom. The molecule has 2 rings (SSSR count). The Balaban J connectivity index is 2.16. The van der Waals surface area contributed by atoms with Crippen LogP contribution in [0.1, 0.15) is 10.4 Å². The summed E-state index contributed by atoms with van der Waals surface area (Å²) in [6, 6.07) is 12.3. The van der Waals surface area contributed by atoms with Gasteiger partial charge in [0.15, 0.2) is 0 Å². The maximum absolute atomic E-state index is 10.8. The van der Waals surface area contributed by atoms with Gasteiger partial charge >= 0.3 is 13.1 Å². The molecular formula is C13H11BO5. The summed E-state index contributed by atoms with van der Waals surface area (Å²) >= 11 is 0. The number of carboxylic acids is 1. The van der Waals surface area contributed by atoms with Gasteiger partial charge in [0.25, 0.3) is 0 Å². The normalized spacial score (nSPS) is 10.0. The minimum absolute atomic E-state index is 0.139. The van der Waals surface area contributed by atoms with Gasteiger partial charge in [-0.1, -0.05) is 18.2 Å². The van der Waals surface area contributed by atoms with E-state index in [4.69, 9.17) is 19.9 Å². The number of carbonyl (C=O) groups is 1. The Morgan fingerprint density at radius 2 is 1.68 bits per heavy atom. The molecule has 0 aliphatic heterocycles. The highest BCUT2D eigenvalue weighted by atomic mass is 16.5. The molecule has 0 unspecified atom stereocenters. The molecule has 0 bridgehead atoms. The van der Waals surface area contributed by atoms with E-state index < -0.39 is 13.1 Å². The van der Waals surface area contributed by atoms with E-state index >= 15 is 0 Å². The molecular weight excluding hydrogens is 247 g/mol. The van der Waals surface area contributed by atoms with Gasteiger partial charge in [-0.15, -0.1) is 0 Å². The lowest BCUT2D eigenvalue weighted by Gasteiger charge is -2.07. The number of carboxylic acid groups (broad SMARTS) is 1. The van der Waals surface area contributed by atoms with Crippen LogP contribution in [0.3, 0.4) is 0 Å². The molecule has 5 nitrogen and oxygen atoms in total. The van der Waals surface area contributed by atoms with E-state index in [0.29, 0.717) is 17.0 Å². The van der Waals surface area contributed by atoms with E-state index in [1.807, 2.05) is 0 Å². The van der Waals surface area contributed by atoms with Crippen molar-refractivity contribution in [1.82, 2.24) is 0 Å². The molecule has 0 aliphatic rings. The fraction of sp³-hybridized carbons (Fsp3) is 0. The van der Waals surface area contributed by atoms with Crippen LogP contribution in [-0.4, -0.2) is 28.2 Å². The zero-order chi connectivity index (χ0) is 13.8. The van der Waals surface area contributed by atoms with E-state index in [2.05, 4.69) is 0 Å². The van der Waals surface area contributed by atoms with Crippen LogP contribution < -0.4 is 10.2 Å². The molecule has 0 saturated carbocycles. The van der Waals surface area contributed by atoms with Gasteiger partial charge in [-0.05, 0) is 35.8 Å². The number of hydrogen-bond donors (Lipinski definition) is 3. The van der Waals surface area contributed by atoms with Crippen LogP contribution >= 0.6 is 0 Å². The minimum Gasteiger partial charge on any atom is -0.478 e. The van der Waals surface area contributed by atoms with E-state index in [1.54, 1.807) is 24.3 Å². The van der Waals surface area contributed by atoms with Gasteiger partial charge < -0.3 is 19.9 Å². The van der Waals surface area contributed by atoms with Crippen LogP contribution in [0.5, 0.6) is 11.5 Å². The average molecular weight is 258 g/mol. The average Bonchev–Trinajstić information content (AvgIpc) is 2.39. The molecule has 6 heteroatoms. The summed E-state index contributed by atoms with van der Waals surface area (Å²) in [6.45, 7) is 0. The SMILES string of the molecule is O=C(O)c1cccc(Oc2ccc(B(O)O)cc2)c1. The number of aromatic carboxylic acids is 1. The molecule has 0 aliphatic carbocycles. The largest absolute Gasteiger partial charge is 0.488 e. The summed E-state index contributed by atoms with van der Waals surface area (Å²) in [5, 5.41) is 26.8. The minimum atomic E-state index is -1.52. The van der Waals surface area contributed by atoms with Crippen LogP contribution in [0.4, 0.5) is 0 Å². The van der Waals surface area contributed by atoms with Crippen molar-refractivity contribution in [3.63, 3.8) is 0 Å². The molecule has 0 spiro atoms. The standard InChI is InChI=1S/C13H11BO5/c15-13(16)9-2-1-3-12(8-9)19-11-6-4-10(5-7-11)14(17)18/h1-8,17-18H,(H,15,16). The maximum atomic E-state index is 10.8. The first-order chi connectivity index (χ1) is 9.06. The van der Waals surface area contributed by atoms with E-state index in [-0.39, 0.29) is 5.56 Å². The lowest BCUT2D eigenvalue weighted by atomic mass is 9.80. The van der Waals surface area contributed by atoms with Gasteiger partial charge in [-0.2, -0.15) is 0 Å². The van der Waals surface area contributed by atoms with Gasteiger partial charge in [-0.25, -0.2) is 4.79 Å². The number of rotatable bonds is 4. The Labute approximate surface area is 109 Å². The highest BCUT2D eigenvalue weighted by Gasteiger charge is 2.10. The molecule has 0 aromatic heterocycles. The molecule has 0 saturated heterocycles. The third-order valence-corrected chi connectivity index (χ3v) is 2.49. The van der Waals surface area contributed by atoms with Crippen molar-refractivity contribution < 1.29 is 24.7 Å². The van der Waals surface area contributed by atoms with Crippen LogP contribution in [0.25, 0.3) is 0 Å². The predicted octanol–water partition coefficient (Wildman–Crippen LogP) is 0.857. The highest BCUT2D eigenvalue weighted by molar-refractivity contribution is 6.58. The van der Waals surface area contributed by atoms with Gasteiger partial charge in [0, 0.05) is 0 Å². The Hall–Kier alpha value is -2.31. The first-order valence-corrected chi connectivity index (χ1v) is 5.53. The summed E-state index contributed by atoms with van der Waals surface area (Å²) in [5.41, 5.74) is 0.492. The fourth-order valence-electron chi connectivity index (χ4n) is 1.54. The Morgan fingerprint density at radius 3 is 2.26 bits per heavy atom. The van der Waals surface area contributed by atoms with Gasteiger partial charge in [-0.3, -0.25) is 0 Å². The van der Waals surface area contributed by atoms with E-state index in [1.165, 1.54) is 24.3 Å². The van der Waals surface area contributed by atoms with Gasteiger partial charge in [0.1, 0.15) is 11.5 Å². The second kappa shape index (κ2) is 5.56. The molecule has 3 N–H and O–H groups in total. The van der Waals surface area contributed by atoms with Crippen molar-refractivity contribution in [2.45, 2.75) is 0 Å². The Kier molecular flexibility index (Phi) is 3.84. The highest BCUT2D eigenvalue weighted by Crippen LogP contribution is 2.21. The van der Waals surface area contributed by atoms with Crippen molar-refractivity contribution >= 4 is 18.6 Å². The molecule has 0 amide bonds.